The summed E-state index contributed by atoms with van der Waals surface area (Å²) in [7, 11) is -1.14. The lowest BCUT2D eigenvalue weighted by molar-refractivity contribution is -0.132. The van der Waals surface area contributed by atoms with Crippen LogP contribution >= 0.6 is 7.60 Å². The molecule has 1 rings (SSSR count). The first-order chi connectivity index (χ1) is 17.1. The van der Waals surface area contributed by atoms with Crippen molar-refractivity contribution in [2.24, 2.45) is 0 Å². The minimum absolute atomic E-state index is 0.0511. The van der Waals surface area contributed by atoms with Crippen LogP contribution in [0.25, 0.3) is 0 Å². The molecule has 0 aliphatic rings. The molecule has 0 saturated carbocycles. The van der Waals surface area contributed by atoms with Crippen LogP contribution in [0.4, 0.5) is 4.79 Å². The van der Waals surface area contributed by atoms with E-state index in [4.69, 9.17) is 13.8 Å². The molecule has 208 valence electrons. The Balaban J connectivity index is 2.67. The first-order valence-electron chi connectivity index (χ1n) is 11.7. The van der Waals surface area contributed by atoms with Gasteiger partial charge in [-0.1, -0.05) is 30.3 Å². The molecule has 0 fully saturated rings. The van der Waals surface area contributed by atoms with Crippen molar-refractivity contribution in [3.8, 4) is 0 Å². The fourth-order valence-corrected chi connectivity index (χ4v) is 4.14. The van der Waals surface area contributed by atoms with Gasteiger partial charge in [0.1, 0.15) is 31.0 Å². The Labute approximate surface area is 218 Å². The number of benzene rings is 1. The molecule has 0 heterocycles. The number of hydrogen-bond acceptors (Lipinski definition) is 8. The molecular formula is C24H39N4O8P. The van der Waals surface area contributed by atoms with E-state index >= 15 is 0 Å². The predicted molar refractivity (Wildman–Crippen MR) is 138 cm³/mol. The number of nitrogens with one attached hydrogen (secondary N) is 3. The maximum absolute atomic E-state index is 12.7. The normalized spacial score (nSPS) is 14.1. The first kappa shape index (κ1) is 32.1. The van der Waals surface area contributed by atoms with Crippen LogP contribution in [0.15, 0.2) is 30.3 Å². The van der Waals surface area contributed by atoms with Crippen LogP contribution in [0.5, 0.6) is 0 Å². The Morgan fingerprint density at radius 1 is 0.892 bits per heavy atom. The molecule has 4 amide bonds. The van der Waals surface area contributed by atoms with E-state index in [0.717, 1.165) is 5.56 Å². The highest BCUT2D eigenvalue weighted by Gasteiger charge is 2.33. The molecule has 0 unspecified atom stereocenters. The van der Waals surface area contributed by atoms with E-state index in [1.54, 1.807) is 20.8 Å². The monoisotopic (exact) mass is 542 g/mol. The van der Waals surface area contributed by atoms with Crippen LogP contribution in [0.3, 0.4) is 0 Å². The summed E-state index contributed by atoms with van der Waals surface area (Å²) in [6, 6.07) is 7.13. The van der Waals surface area contributed by atoms with Gasteiger partial charge in [0.25, 0.3) is 0 Å². The minimum Gasteiger partial charge on any atom is -0.445 e. The highest BCUT2D eigenvalue weighted by molar-refractivity contribution is 7.54. The molecule has 0 bridgehead atoms. The van der Waals surface area contributed by atoms with E-state index in [1.165, 1.54) is 39.9 Å². The van der Waals surface area contributed by atoms with Gasteiger partial charge in [-0.3, -0.25) is 23.8 Å². The van der Waals surface area contributed by atoms with E-state index in [1.807, 2.05) is 30.3 Å². The SMILES string of the molecule is COP(=O)(OC)[C@H](C)NC(=O)[C@H](C)NC(=O)[C@H](C)NC(=O)CN(C(=O)OCc1ccccc1)C(C)(C)C. The lowest BCUT2D eigenvalue weighted by Crippen LogP contribution is -2.55. The standard InChI is InChI=1S/C24H39N4O8P/c1-16(21(30)26-17(2)22(31)27-18(3)37(33,34-7)35-8)25-20(29)14-28(24(4,5)6)23(32)36-15-19-12-10-9-11-13-19/h9-13,16-18H,14-15H2,1-8H3,(H,25,29)(H,26,30)(H,27,31)/t16-,17-,18+/m0/s1. The second-order valence-corrected chi connectivity index (χ2v) is 12.0. The van der Waals surface area contributed by atoms with Crippen LogP contribution in [-0.2, 0) is 39.3 Å². The predicted octanol–water partition coefficient (Wildman–Crippen LogP) is 2.38. The average molecular weight is 543 g/mol. The van der Waals surface area contributed by atoms with Gasteiger partial charge in [-0.05, 0) is 47.1 Å². The van der Waals surface area contributed by atoms with Gasteiger partial charge in [0.15, 0.2) is 0 Å². The highest BCUT2D eigenvalue weighted by Crippen LogP contribution is 2.50. The Morgan fingerprint density at radius 3 is 1.92 bits per heavy atom. The van der Waals surface area contributed by atoms with Gasteiger partial charge in [-0.25, -0.2) is 4.79 Å². The van der Waals surface area contributed by atoms with Gasteiger partial charge >= 0.3 is 13.7 Å². The largest absolute Gasteiger partial charge is 0.445 e. The van der Waals surface area contributed by atoms with Crippen molar-refractivity contribution in [1.29, 1.82) is 0 Å². The molecule has 12 nitrogen and oxygen atoms in total. The number of ether oxygens (including phenoxy) is 1. The molecule has 3 N–H and O–H groups in total. The lowest BCUT2D eigenvalue weighted by Gasteiger charge is -2.34. The van der Waals surface area contributed by atoms with Crippen molar-refractivity contribution in [1.82, 2.24) is 20.9 Å². The summed E-state index contributed by atoms with van der Waals surface area (Å²) in [5.74, 6) is -2.77. The van der Waals surface area contributed by atoms with Gasteiger partial charge in [-0.2, -0.15) is 0 Å². The van der Waals surface area contributed by atoms with E-state index in [2.05, 4.69) is 16.0 Å². The van der Waals surface area contributed by atoms with Gasteiger partial charge in [-0.15, -0.1) is 0 Å². The summed E-state index contributed by atoms with van der Waals surface area (Å²) in [6.07, 6.45) is -0.674. The van der Waals surface area contributed by atoms with E-state index < -0.39 is 54.8 Å². The van der Waals surface area contributed by atoms with E-state index in [9.17, 15) is 23.7 Å². The zero-order chi connectivity index (χ0) is 28.4. The number of hydrogen-bond donors (Lipinski definition) is 3. The molecule has 0 saturated heterocycles. The maximum atomic E-state index is 12.7. The maximum Gasteiger partial charge on any atom is 0.411 e. The van der Waals surface area contributed by atoms with Crippen LogP contribution in [0, 0.1) is 0 Å². The third kappa shape index (κ3) is 10.1. The topological polar surface area (TPSA) is 152 Å². The summed E-state index contributed by atoms with van der Waals surface area (Å²) in [5.41, 5.74) is 0.0725. The summed E-state index contributed by atoms with van der Waals surface area (Å²) in [6.45, 7) is 9.31. The average Bonchev–Trinajstić information content (AvgIpc) is 2.84. The molecule has 3 atom stereocenters. The number of carbonyl (C=O) groups excluding carboxylic acids is 4. The summed E-state index contributed by atoms with van der Waals surface area (Å²) in [4.78, 5) is 51.6. The number of nitrogens with zero attached hydrogens (tertiary/aromatic N) is 1. The summed E-state index contributed by atoms with van der Waals surface area (Å²) in [5, 5.41) is 7.48. The van der Waals surface area contributed by atoms with Crippen molar-refractivity contribution in [2.45, 2.75) is 71.6 Å². The van der Waals surface area contributed by atoms with Crippen molar-refractivity contribution in [3.63, 3.8) is 0 Å². The van der Waals surface area contributed by atoms with Gasteiger partial charge in [0.05, 0.1) is 0 Å². The van der Waals surface area contributed by atoms with E-state index in [0.29, 0.717) is 0 Å². The van der Waals surface area contributed by atoms with E-state index in [-0.39, 0.29) is 13.2 Å². The number of rotatable bonds is 12. The molecule has 1 aromatic carbocycles. The molecule has 13 heteroatoms. The van der Waals surface area contributed by atoms with Crippen LogP contribution in [0.1, 0.15) is 47.1 Å². The van der Waals surface area contributed by atoms with Gasteiger partial charge < -0.3 is 29.7 Å². The molecule has 0 aromatic heterocycles. The Bertz CT molecular complexity index is 975. The molecular weight excluding hydrogens is 503 g/mol. The zero-order valence-corrected chi connectivity index (χ0v) is 23.6. The zero-order valence-electron chi connectivity index (χ0n) is 22.7. The Hall–Kier alpha value is -2.95. The summed E-state index contributed by atoms with van der Waals surface area (Å²) < 4.78 is 27.4. The molecule has 0 aliphatic heterocycles. The molecule has 37 heavy (non-hydrogen) atoms. The minimum atomic E-state index is -3.54. The van der Waals surface area contributed by atoms with Crippen molar-refractivity contribution >= 4 is 31.4 Å². The second-order valence-electron chi connectivity index (χ2n) is 9.41. The fraction of sp³-hybridized carbons (Fsp3) is 0.583. The Morgan fingerprint density at radius 2 is 1.41 bits per heavy atom. The van der Waals surface area contributed by atoms with Gasteiger partial charge in [0, 0.05) is 19.8 Å². The van der Waals surface area contributed by atoms with Gasteiger partial charge in [0.2, 0.25) is 17.7 Å². The molecule has 0 aliphatic carbocycles. The highest BCUT2D eigenvalue weighted by atomic mass is 31.2. The molecule has 0 radical (unpaired) electrons. The molecule has 1 aromatic rings. The smallest absolute Gasteiger partial charge is 0.411 e. The number of carbonyl (C=O) groups is 4. The third-order valence-electron chi connectivity index (χ3n) is 5.39. The van der Waals surface area contributed by atoms with Crippen molar-refractivity contribution < 1.29 is 37.5 Å². The molecule has 0 spiro atoms. The fourth-order valence-electron chi connectivity index (χ4n) is 3.07. The number of amides is 4. The second kappa shape index (κ2) is 14.1. The van der Waals surface area contributed by atoms with Crippen molar-refractivity contribution in [2.75, 3.05) is 20.8 Å². The lowest BCUT2D eigenvalue weighted by atomic mass is 10.1. The quantitative estimate of drug-likeness (QED) is 0.341. The van der Waals surface area contributed by atoms with Crippen LogP contribution in [-0.4, -0.2) is 72.9 Å². The van der Waals surface area contributed by atoms with Crippen LogP contribution < -0.4 is 16.0 Å². The van der Waals surface area contributed by atoms with Crippen LogP contribution in [0.2, 0.25) is 0 Å². The van der Waals surface area contributed by atoms with Crippen molar-refractivity contribution in [3.05, 3.63) is 35.9 Å². The Kier molecular flexibility index (Phi) is 12.2. The summed E-state index contributed by atoms with van der Waals surface area (Å²) >= 11 is 0. The first-order valence-corrected chi connectivity index (χ1v) is 13.4. The third-order valence-corrected chi connectivity index (χ3v) is 7.49.